The second-order valence-electron chi connectivity index (χ2n) is 11.9. The van der Waals surface area contributed by atoms with E-state index < -0.39 is 0 Å². The molecule has 5 nitrogen and oxygen atoms in total. The summed E-state index contributed by atoms with van der Waals surface area (Å²) in [7, 11) is 0. The van der Waals surface area contributed by atoms with Crippen LogP contribution in [0.5, 0.6) is 0 Å². The molecule has 0 unspecified atom stereocenters. The molecule has 5 aromatic carbocycles. The molecule has 0 saturated heterocycles. The number of aromatic nitrogens is 4. The minimum Gasteiger partial charge on any atom is -0.457 e. The largest absolute Gasteiger partial charge is 0.457 e. The summed E-state index contributed by atoms with van der Waals surface area (Å²) in [6, 6.07) is 46.4. The maximum Gasteiger partial charge on any atom is 0.168 e. The van der Waals surface area contributed by atoms with E-state index in [1.165, 1.54) is 16.7 Å². The van der Waals surface area contributed by atoms with Crippen LogP contribution in [0, 0.1) is 0 Å². The monoisotopic (exact) mass is 568 g/mol. The van der Waals surface area contributed by atoms with Gasteiger partial charge in [0.1, 0.15) is 11.3 Å². The van der Waals surface area contributed by atoms with Gasteiger partial charge in [0.05, 0.1) is 5.52 Å². The van der Waals surface area contributed by atoms with E-state index in [1.807, 2.05) is 36.4 Å². The van der Waals surface area contributed by atoms with Crippen molar-refractivity contribution in [3.63, 3.8) is 0 Å². The lowest BCUT2D eigenvalue weighted by atomic mass is 9.86. The van der Waals surface area contributed by atoms with Gasteiger partial charge in [0.15, 0.2) is 17.2 Å². The van der Waals surface area contributed by atoms with E-state index in [4.69, 9.17) is 14.6 Å². The Morgan fingerprint density at radius 3 is 1.89 bits per heavy atom. The molecule has 3 aromatic heterocycles. The smallest absolute Gasteiger partial charge is 0.168 e. The molecule has 44 heavy (non-hydrogen) atoms. The number of hydrogen-bond donors (Lipinski definition) is 0. The Bertz CT molecular complexity index is 2340. The fourth-order valence-electron chi connectivity index (χ4n) is 6.96. The first-order valence-corrected chi connectivity index (χ1v) is 14.9. The molecule has 5 heteroatoms. The Morgan fingerprint density at radius 2 is 1.18 bits per heavy atom. The Morgan fingerprint density at radius 1 is 0.591 bits per heavy atom. The van der Waals surface area contributed by atoms with Crippen molar-refractivity contribution in [3.05, 3.63) is 145 Å². The van der Waals surface area contributed by atoms with Crippen molar-refractivity contribution < 1.29 is 4.42 Å². The Labute approximate surface area is 254 Å². The molecule has 0 saturated carbocycles. The highest BCUT2D eigenvalue weighted by atomic mass is 16.3. The van der Waals surface area contributed by atoms with Gasteiger partial charge >= 0.3 is 0 Å². The van der Waals surface area contributed by atoms with Crippen LogP contribution in [0.3, 0.4) is 0 Å². The fraction of sp³-hybridized carbons (Fsp3) is 0.0769. The summed E-state index contributed by atoms with van der Waals surface area (Å²) in [5, 5.41) is 10.5. The summed E-state index contributed by atoms with van der Waals surface area (Å²) >= 11 is 0. The van der Waals surface area contributed by atoms with Crippen LogP contribution < -0.4 is 0 Å². The first kappa shape index (κ1) is 24.9. The Kier molecular flexibility index (Phi) is 5.18. The Balaban J connectivity index is 1.35. The molecule has 0 amide bonds. The molecule has 9 rings (SSSR count). The third kappa shape index (κ3) is 3.41. The molecule has 0 aliphatic heterocycles. The molecule has 1 aliphatic rings. The van der Waals surface area contributed by atoms with E-state index in [1.54, 1.807) is 0 Å². The van der Waals surface area contributed by atoms with Gasteiger partial charge in [-0.15, -0.1) is 10.2 Å². The molecule has 0 radical (unpaired) electrons. The standard InChI is InChI=1S/C39H28N4O/c1-39(2)31-21-13-12-20-29(31)33-34-35(44-36(33)39)30-24-26(22-23-32(30)42(34)27-16-8-4-9-17-27)38-41-40-37(25-14-6-3-7-15-25)43(38)28-18-10-5-11-19-28/h3-24H,1-2H3. The number of fused-ring (bicyclic) bond motifs is 7. The summed E-state index contributed by atoms with van der Waals surface area (Å²) in [6.07, 6.45) is 0. The van der Waals surface area contributed by atoms with Gasteiger partial charge in [0.25, 0.3) is 0 Å². The second-order valence-corrected chi connectivity index (χ2v) is 11.9. The number of nitrogens with zero attached hydrogens (tertiary/aromatic N) is 4. The second kappa shape index (κ2) is 9.16. The molecule has 0 spiro atoms. The topological polar surface area (TPSA) is 48.8 Å². The predicted octanol–water partition coefficient (Wildman–Crippen LogP) is 9.60. The van der Waals surface area contributed by atoms with Gasteiger partial charge in [-0.3, -0.25) is 4.57 Å². The average Bonchev–Trinajstić information content (AvgIpc) is 3.81. The lowest BCUT2D eigenvalue weighted by Crippen LogP contribution is -2.14. The van der Waals surface area contributed by atoms with E-state index in [-0.39, 0.29) is 5.41 Å². The molecule has 0 fully saturated rings. The minimum absolute atomic E-state index is 0.242. The molecule has 3 heterocycles. The number of benzene rings is 5. The first-order chi connectivity index (χ1) is 21.6. The van der Waals surface area contributed by atoms with Crippen LogP contribution in [0.25, 0.3) is 67.3 Å². The molecule has 0 N–H and O–H groups in total. The maximum absolute atomic E-state index is 6.94. The number of para-hydroxylation sites is 2. The van der Waals surface area contributed by atoms with Gasteiger partial charge in [-0.1, -0.05) is 91.0 Å². The van der Waals surface area contributed by atoms with Crippen molar-refractivity contribution >= 4 is 22.0 Å². The van der Waals surface area contributed by atoms with Crippen molar-refractivity contribution in [2.75, 3.05) is 0 Å². The maximum atomic E-state index is 6.94. The minimum atomic E-state index is -0.242. The van der Waals surface area contributed by atoms with E-state index in [2.05, 4.69) is 120 Å². The van der Waals surface area contributed by atoms with Crippen LogP contribution >= 0.6 is 0 Å². The van der Waals surface area contributed by atoms with E-state index >= 15 is 0 Å². The van der Waals surface area contributed by atoms with E-state index in [0.717, 1.165) is 61.9 Å². The molecular weight excluding hydrogens is 540 g/mol. The average molecular weight is 569 g/mol. The highest BCUT2D eigenvalue weighted by molar-refractivity contribution is 6.14. The van der Waals surface area contributed by atoms with Gasteiger partial charge in [-0.2, -0.15) is 0 Å². The third-order valence-electron chi connectivity index (χ3n) is 9.01. The zero-order chi connectivity index (χ0) is 29.4. The lowest BCUT2D eigenvalue weighted by Gasteiger charge is -2.18. The predicted molar refractivity (Wildman–Crippen MR) is 176 cm³/mol. The number of furan rings is 1. The Hall–Kier alpha value is -5.68. The van der Waals surface area contributed by atoms with Gasteiger partial charge < -0.3 is 8.98 Å². The van der Waals surface area contributed by atoms with Gasteiger partial charge in [-0.25, -0.2) is 0 Å². The zero-order valence-corrected chi connectivity index (χ0v) is 24.4. The quantitative estimate of drug-likeness (QED) is 0.212. The molecular formula is C39H28N4O. The van der Waals surface area contributed by atoms with Gasteiger partial charge in [-0.05, 0) is 67.4 Å². The van der Waals surface area contributed by atoms with E-state index in [9.17, 15) is 0 Å². The highest BCUT2D eigenvalue weighted by Gasteiger charge is 2.42. The fourth-order valence-corrected chi connectivity index (χ4v) is 6.96. The van der Waals surface area contributed by atoms with Crippen molar-refractivity contribution in [1.29, 1.82) is 0 Å². The van der Waals surface area contributed by atoms with Crippen LogP contribution in [-0.2, 0) is 5.41 Å². The van der Waals surface area contributed by atoms with Crippen LogP contribution in [0.4, 0.5) is 0 Å². The lowest BCUT2D eigenvalue weighted by molar-refractivity contribution is 0.466. The summed E-state index contributed by atoms with van der Waals surface area (Å²) in [5.74, 6) is 2.59. The van der Waals surface area contributed by atoms with Crippen LogP contribution in [0.1, 0.15) is 25.2 Å². The third-order valence-corrected chi connectivity index (χ3v) is 9.01. The summed E-state index contributed by atoms with van der Waals surface area (Å²) < 4.78 is 11.4. The van der Waals surface area contributed by atoms with Crippen LogP contribution in [0.2, 0.25) is 0 Å². The van der Waals surface area contributed by atoms with Crippen molar-refractivity contribution in [3.8, 4) is 45.3 Å². The van der Waals surface area contributed by atoms with Crippen molar-refractivity contribution in [1.82, 2.24) is 19.3 Å². The molecule has 210 valence electrons. The van der Waals surface area contributed by atoms with Crippen molar-refractivity contribution in [2.24, 2.45) is 0 Å². The highest BCUT2D eigenvalue weighted by Crippen LogP contribution is 2.55. The van der Waals surface area contributed by atoms with Gasteiger partial charge in [0, 0.05) is 38.9 Å². The van der Waals surface area contributed by atoms with Crippen molar-refractivity contribution in [2.45, 2.75) is 19.3 Å². The van der Waals surface area contributed by atoms with Gasteiger partial charge in [0.2, 0.25) is 0 Å². The normalized spacial score (nSPS) is 13.4. The van der Waals surface area contributed by atoms with Crippen LogP contribution in [0.15, 0.2) is 138 Å². The molecule has 0 atom stereocenters. The number of hydrogen-bond acceptors (Lipinski definition) is 3. The summed E-state index contributed by atoms with van der Waals surface area (Å²) in [4.78, 5) is 0. The molecule has 0 bridgehead atoms. The summed E-state index contributed by atoms with van der Waals surface area (Å²) in [5.41, 5.74) is 10.7. The van der Waals surface area contributed by atoms with Crippen LogP contribution in [-0.4, -0.2) is 19.3 Å². The molecule has 8 aromatic rings. The zero-order valence-electron chi connectivity index (χ0n) is 24.4. The first-order valence-electron chi connectivity index (χ1n) is 14.9. The SMILES string of the molecule is CC1(C)c2ccccc2-c2c1oc1c3cc(-c4nnc(-c5ccccc5)n4-c4ccccc4)ccc3n(-c3ccccc3)c21. The molecule has 1 aliphatic carbocycles. The summed E-state index contributed by atoms with van der Waals surface area (Å²) in [6.45, 7) is 4.52. The van der Waals surface area contributed by atoms with E-state index in [0.29, 0.717) is 0 Å². The number of rotatable bonds is 4.